The molecule has 0 amide bonds. The molecule has 5 heteroatoms. The van der Waals surface area contributed by atoms with E-state index in [4.69, 9.17) is 9.15 Å². The largest absolute Gasteiger partial charge is 0.465 e. The predicted octanol–water partition coefficient (Wildman–Crippen LogP) is 3.79. The number of ether oxygens (including phenoxy) is 1. The van der Waals surface area contributed by atoms with Gasteiger partial charge in [-0.15, -0.1) is 0 Å². The molecule has 5 nitrogen and oxygen atoms in total. The number of hydrogen-bond donors (Lipinski definition) is 0. The maximum atomic E-state index is 12.3. The normalized spacial score (nSPS) is 10.7. The van der Waals surface area contributed by atoms with Gasteiger partial charge in [-0.1, -0.05) is 12.1 Å². The van der Waals surface area contributed by atoms with Crippen LogP contribution in [0.3, 0.4) is 0 Å². The van der Waals surface area contributed by atoms with Gasteiger partial charge in [0.2, 0.25) is 0 Å². The smallest absolute Gasteiger partial charge is 0.345 e. The number of ketones is 1. The van der Waals surface area contributed by atoms with Crippen molar-refractivity contribution in [2.24, 2.45) is 0 Å². The van der Waals surface area contributed by atoms with Gasteiger partial charge in [-0.05, 0) is 48.6 Å². The van der Waals surface area contributed by atoms with Crippen LogP contribution >= 0.6 is 0 Å². The molecule has 0 atom stereocenters. The van der Waals surface area contributed by atoms with Gasteiger partial charge in [-0.3, -0.25) is 9.78 Å². The summed E-state index contributed by atoms with van der Waals surface area (Å²) in [6.45, 7) is 0. The lowest BCUT2D eigenvalue weighted by Gasteiger charge is -2.07. The van der Waals surface area contributed by atoms with Gasteiger partial charge >= 0.3 is 5.97 Å². The maximum absolute atomic E-state index is 12.3. The van der Waals surface area contributed by atoms with Crippen LogP contribution < -0.4 is 4.74 Å². The number of benzene rings is 1. The van der Waals surface area contributed by atoms with Crippen molar-refractivity contribution in [3.8, 4) is 5.75 Å². The second-order valence-corrected chi connectivity index (χ2v) is 4.84. The summed E-state index contributed by atoms with van der Waals surface area (Å²) < 4.78 is 10.5. The topological polar surface area (TPSA) is 69.4 Å². The predicted molar refractivity (Wildman–Crippen MR) is 87.7 cm³/mol. The molecule has 24 heavy (non-hydrogen) atoms. The van der Waals surface area contributed by atoms with Crippen LogP contribution in [0.25, 0.3) is 6.08 Å². The number of carbonyl (C=O) groups is 2. The summed E-state index contributed by atoms with van der Waals surface area (Å²) in [5, 5.41) is 0. The van der Waals surface area contributed by atoms with Gasteiger partial charge in [-0.25, -0.2) is 4.79 Å². The first kappa shape index (κ1) is 15.4. The number of hydrogen-bond acceptors (Lipinski definition) is 5. The molecule has 0 saturated heterocycles. The number of pyridine rings is 1. The van der Waals surface area contributed by atoms with E-state index >= 15 is 0 Å². The second-order valence-electron chi connectivity index (χ2n) is 4.84. The second kappa shape index (κ2) is 7.19. The minimum atomic E-state index is -0.571. The Balaban J connectivity index is 1.80. The molecule has 0 spiro atoms. The number of rotatable bonds is 5. The number of allylic oxidation sites excluding steroid dienone is 1. The minimum absolute atomic E-state index is 0.195. The Morgan fingerprint density at radius 3 is 2.67 bits per heavy atom. The van der Waals surface area contributed by atoms with E-state index in [1.54, 1.807) is 60.8 Å². The van der Waals surface area contributed by atoms with Crippen LogP contribution in [0.5, 0.6) is 5.75 Å². The van der Waals surface area contributed by atoms with Crippen LogP contribution in [0.4, 0.5) is 0 Å². The molecule has 0 bridgehead atoms. The Morgan fingerprint density at radius 1 is 1.04 bits per heavy atom. The molecular weight excluding hydrogens is 306 g/mol. The SMILES string of the molecule is O=C(Oc1ccccc1C(=O)/C=C/c1ccco1)c1cccnc1. The van der Waals surface area contributed by atoms with E-state index in [9.17, 15) is 9.59 Å². The maximum Gasteiger partial charge on any atom is 0.345 e. The van der Waals surface area contributed by atoms with Crippen LogP contribution in [0, 0.1) is 0 Å². The first-order chi connectivity index (χ1) is 11.7. The average molecular weight is 319 g/mol. The first-order valence-corrected chi connectivity index (χ1v) is 7.21. The van der Waals surface area contributed by atoms with Crippen molar-refractivity contribution in [2.75, 3.05) is 0 Å². The number of aromatic nitrogens is 1. The summed E-state index contributed by atoms with van der Waals surface area (Å²) in [4.78, 5) is 28.3. The molecular formula is C19H13NO4. The summed E-state index contributed by atoms with van der Waals surface area (Å²) in [5.74, 6) is -0.104. The van der Waals surface area contributed by atoms with E-state index < -0.39 is 5.97 Å². The van der Waals surface area contributed by atoms with Crippen LogP contribution in [0.15, 0.2) is 77.7 Å². The standard InChI is InChI=1S/C19H13NO4/c21-17(10-9-15-6-4-12-23-15)16-7-1-2-8-18(16)24-19(22)14-5-3-11-20-13-14/h1-13H/b10-9+. The summed E-state index contributed by atoms with van der Waals surface area (Å²) >= 11 is 0. The summed E-state index contributed by atoms with van der Waals surface area (Å²) in [5.41, 5.74) is 0.600. The molecule has 0 aliphatic rings. The van der Waals surface area contributed by atoms with Crippen molar-refractivity contribution in [1.82, 2.24) is 4.98 Å². The molecule has 0 aliphatic carbocycles. The van der Waals surface area contributed by atoms with Crippen molar-refractivity contribution in [1.29, 1.82) is 0 Å². The highest BCUT2D eigenvalue weighted by Gasteiger charge is 2.14. The minimum Gasteiger partial charge on any atom is -0.465 e. The van der Waals surface area contributed by atoms with Gasteiger partial charge in [0.25, 0.3) is 0 Å². The number of furan rings is 1. The Kier molecular flexibility index (Phi) is 4.62. The Hall–Kier alpha value is -3.47. The zero-order valence-electron chi connectivity index (χ0n) is 12.6. The van der Waals surface area contributed by atoms with Crippen LogP contribution in [-0.2, 0) is 0 Å². The van der Waals surface area contributed by atoms with Gasteiger partial charge in [0.15, 0.2) is 5.78 Å². The summed E-state index contributed by atoms with van der Waals surface area (Å²) in [7, 11) is 0. The zero-order chi connectivity index (χ0) is 16.8. The van der Waals surface area contributed by atoms with Crippen molar-refractivity contribution in [3.05, 3.63) is 90.2 Å². The molecule has 0 radical (unpaired) electrons. The van der Waals surface area contributed by atoms with Gasteiger partial charge in [0.05, 0.1) is 17.4 Å². The van der Waals surface area contributed by atoms with Crippen LogP contribution in [-0.4, -0.2) is 16.7 Å². The van der Waals surface area contributed by atoms with E-state index in [2.05, 4.69) is 4.98 Å². The number of para-hydroxylation sites is 1. The highest BCUT2D eigenvalue weighted by atomic mass is 16.5. The summed E-state index contributed by atoms with van der Waals surface area (Å²) in [6, 6.07) is 13.3. The Labute approximate surface area is 138 Å². The lowest BCUT2D eigenvalue weighted by atomic mass is 10.1. The number of esters is 1. The third-order valence-electron chi connectivity index (χ3n) is 3.19. The lowest BCUT2D eigenvalue weighted by Crippen LogP contribution is -2.11. The molecule has 2 aromatic heterocycles. The van der Waals surface area contributed by atoms with Gasteiger partial charge in [0.1, 0.15) is 11.5 Å². The number of nitrogens with zero attached hydrogens (tertiary/aromatic N) is 1. The lowest BCUT2D eigenvalue weighted by molar-refractivity contribution is 0.0732. The highest BCUT2D eigenvalue weighted by Crippen LogP contribution is 2.20. The van der Waals surface area contributed by atoms with Crippen LogP contribution in [0.1, 0.15) is 26.5 Å². The van der Waals surface area contributed by atoms with Crippen LogP contribution in [0.2, 0.25) is 0 Å². The molecule has 0 N–H and O–H groups in total. The van der Waals surface area contributed by atoms with Crippen molar-refractivity contribution < 1.29 is 18.7 Å². The highest BCUT2D eigenvalue weighted by molar-refractivity contribution is 6.09. The van der Waals surface area contributed by atoms with Crippen molar-refractivity contribution in [2.45, 2.75) is 0 Å². The van der Waals surface area contributed by atoms with Crippen molar-refractivity contribution in [3.63, 3.8) is 0 Å². The van der Waals surface area contributed by atoms with Gasteiger partial charge in [-0.2, -0.15) is 0 Å². The van der Waals surface area contributed by atoms with Crippen molar-refractivity contribution >= 4 is 17.8 Å². The molecule has 2 heterocycles. The molecule has 0 fully saturated rings. The molecule has 1 aromatic carbocycles. The van der Waals surface area contributed by atoms with E-state index in [1.807, 2.05) is 0 Å². The van der Waals surface area contributed by atoms with E-state index in [0.717, 1.165) is 0 Å². The molecule has 0 unspecified atom stereocenters. The average Bonchev–Trinajstić information content (AvgIpc) is 3.14. The molecule has 0 saturated carbocycles. The zero-order valence-corrected chi connectivity index (χ0v) is 12.6. The summed E-state index contributed by atoms with van der Waals surface area (Å²) in [6.07, 6.45) is 7.42. The quantitative estimate of drug-likeness (QED) is 0.310. The Bertz CT molecular complexity index is 867. The fraction of sp³-hybridized carbons (Fsp3) is 0. The monoisotopic (exact) mass is 319 g/mol. The molecule has 118 valence electrons. The van der Waals surface area contributed by atoms with E-state index in [0.29, 0.717) is 11.3 Å². The first-order valence-electron chi connectivity index (χ1n) is 7.21. The fourth-order valence-electron chi connectivity index (χ4n) is 2.04. The Morgan fingerprint density at radius 2 is 1.92 bits per heavy atom. The molecule has 3 rings (SSSR count). The fourth-order valence-corrected chi connectivity index (χ4v) is 2.04. The van der Waals surface area contributed by atoms with Gasteiger partial charge in [0, 0.05) is 12.4 Å². The molecule has 3 aromatic rings. The number of carbonyl (C=O) groups excluding carboxylic acids is 2. The van der Waals surface area contributed by atoms with E-state index in [-0.39, 0.29) is 17.1 Å². The van der Waals surface area contributed by atoms with Gasteiger partial charge < -0.3 is 9.15 Å². The molecule has 0 aliphatic heterocycles. The van der Waals surface area contributed by atoms with E-state index in [1.165, 1.54) is 18.5 Å². The third kappa shape index (κ3) is 3.64. The third-order valence-corrected chi connectivity index (χ3v) is 3.19.